The van der Waals surface area contributed by atoms with Crippen LogP contribution < -0.4 is 10.6 Å². The highest BCUT2D eigenvalue weighted by Crippen LogP contribution is 2.42. The van der Waals surface area contributed by atoms with Gasteiger partial charge in [-0.3, -0.25) is 0 Å². The first-order valence-electron chi connectivity index (χ1n) is 7.23. The lowest BCUT2D eigenvalue weighted by atomic mass is 9.64. The molecule has 5 nitrogen and oxygen atoms in total. The Kier molecular flexibility index (Phi) is 4.54. The van der Waals surface area contributed by atoms with Crippen molar-refractivity contribution in [1.82, 2.24) is 5.32 Å². The summed E-state index contributed by atoms with van der Waals surface area (Å²) in [5, 5.41) is 15.2. The molecule has 1 saturated carbocycles. The number of rotatable bonds is 4. The molecule has 1 aliphatic carbocycles. The van der Waals surface area contributed by atoms with E-state index >= 15 is 0 Å². The van der Waals surface area contributed by atoms with Gasteiger partial charge in [0.05, 0.1) is 12.2 Å². The van der Waals surface area contributed by atoms with E-state index in [4.69, 9.17) is 4.74 Å². The number of aliphatic hydroxyl groups is 1. The quantitative estimate of drug-likeness (QED) is 0.799. The molecule has 0 aliphatic heterocycles. The van der Waals surface area contributed by atoms with Crippen molar-refractivity contribution in [3.63, 3.8) is 0 Å². The molecule has 1 aromatic carbocycles. The van der Waals surface area contributed by atoms with Gasteiger partial charge in [-0.25, -0.2) is 4.79 Å². The summed E-state index contributed by atoms with van der Waals surface area (Å²) in [4.78, 5) is 12.0. The van der Waals surface area contributed by atoms with Crippen molar-refractivity contribution >= 4 is 11.7 Å². The molecule has 0 aromatic heterocycles. The monoisotopic (exact) mass is 292 g/mol. The van der Waals surface area contributed by atoms with E-state index < -0.39 is 6.10 Å². The molecule has 1 aliphatic rings. The van der Waals surface area contributed by atoms with E-state index in [0.717, 1.165) is 12.0 Å². The van der Waals surface area contributed by atoms with Gasteiger partial charge >= 0.3 is 6.03 Å². The van der Waals surface area contributed by atoms with Crippen LogP contribution in [0.1, 0.15) is 38.9 Å². The number of aliphatic hydroxyl groups excluding tert-OH is 1. The predicted octanol–water partition coefficient (Wildman–Crippen LogP) is 2.67. The third-order valence-electron chi connectivity index (χ3n) is 4.42. The van der Waals surface area contributed by atoms with Crippen LogP contribution in [-0.4, -0.2) is 30.4 Å². The number of nitrogens with one attached hydrogen (secondary N) is 2. The number of urea groups is 1. The fourth-order valence-corrected chi connectivity index (χ4v) is 2.70. The molecule has 0 spiro atoms. The van der Waals surface area contributed by atoms with Gasteiger partial charge in [0.1, 0.15) is 0 Å². The third-order valence-corrected chi connectivity index (χ3v) is 4.42. The normalized spacial score (nSPS) is 24.8. The first-order chi connectivity index (χ1) is 9.84. The number of methoxy groups -OCH3 is 1. The average molecular weight is 292 g/mol. The molecule has 3 N–H and O–H groups in total. The maximum absolute atomic E-state index is 12.0. The van der Waals surface area contributed by atoms with Crippen LogP contribution in [0, 0.1) is 5.41 Å². The second kappa shape index (κ2) is 6.03. The smallest absolute Gasteiger partial charge is 0.319 e. The number of benzene rings is 1. The summed E-state index contributed by atoms with van der Waals surface area (Å²) in [6, 6.07) is 7.06. The molecule has 116 valence electrons. The molecular weight excluding hydrogens is 268 g/mol. The Balaban J connectivity index is 1.88. The van der Waals surface area contributed by atoms with Crippen molar-refractivity contribution in [3.8, 4) is 0 Å². The van der Waals surface area contributed by atoms with Crippen LogP contribution in [0.5, 0.6) is 0 Å². The molecule has 0 heterocycles. The van der Waals surface area contributed by atoms with E-state index in [0.29, 0.717) is 5.69 Å². The highest BCUT2D eigenvalue weighted by molar-refractivity contribution is 5.89. The molecule has 21 heavy (non-hydrogen) atoms. The Labute approximate surface area is 125 Å². The zero-order valence-corrected chi connectivity index (χ0v) is 13.0. The van der Waals surface area contributed by atoms with Gasteiger partial charge in [-0.15, -0.1) is 0 Å². The second-order valence-corrected chi connectivity index (χ2v) is 6.23. The summed E-state index contributed by atoms with van der Waals surface area (Å²) >= 11 is 0. The minimum atomic E-state index is -0.505. The topological polar surface area (TPSA) is 70.6 Å². The average Bonchev–Trinajstić information content (AvgIpc) is 2.43. The van der Waals surface area contributed by atoms with Crippen molar-refractivity contribution in [3.05, 3.63) is 29.8 Å². The van der Waals surface area contributed by atoms with Gasteiger partial charge in [0.15, 0.2) is 0 Å². The van der Waals surface area contributed by atoms with Crippen molar-refractivity contribution in [1.29, 1.82) is 0 Å². The number of amides is 2. The Bertz CT molecular complexity index is 497. The summed E-state index contributed by atoms with van der Waals surface area (Å²) < 4.78 is 5.37. The minimum Gasteiger partial charge on any atom is -0.389 e. The lowest BCUT2D eigenvalue weighted by molar-refractivity contribution is -0.0931. The number of carbonyl (C=O) groups excluding carboxylic acids is 1. The van der Waals surface area contributed by atoms with Crippen molar-refractivity contribution in [2.75, 3.05) is 12.4 Å². The standard InChI is InChI=1S/C16H24N2O3/c1-10(19)11-5-7-12(8-6-11)17-15(20)18-13-9-14(21-4)16(13,2)3/h5-8,10,13-14,19H,9H2,1-4H3,(H2,17,18,20). The largest absolute Gasteiger partial charge is 0.389 e. The summed E-state index contributed by atoms with van der Waals surface area (Å²) in [5.41, 5.74) is 1.48. The van der Waals surface area contributed by atoms with Gasteiger partial charge in [0.25, 0.3) is 0 Å². The molecule has 2 rings (SSSR count). The fourth-order valence-electron chi connectivity index (χ4n) is 2.70. The second-order valence-electron chi connectivity index (χ2n) is 6.23. The number of anilines is 1. The molecule has 3 unspecified atom stereocenters. The zero-order valence-electron chi connectivity index (χ0n) is 13.0. The number of ether oxygens (including phenoxy) is 1. The first-order valence-corrected chi connectivity index (χ1v) is 7.23. The van der Waals surface area contributed by atoms with Gasteiger partial charge in [-0.05, 0) is 31.0 Å². The molecule has 0 bridgehead atoms. The van der Waals surface area contributed by atoms with E-state index in [1.165, 1.54) is 0 Å². The van der Waals surface area contributed by atoms with Gasteiger partial charge in [-0.1, -0.05) is 26.0 Å². The van der Waals surface area contributed by atoms with Crippen LogP contribution in [0.4, 0.5) is 10.5 Å². The molecule has 1 aromatic rings. The third kappa shape index (κ3) is 3.36. The number of hydrogen-bond acceptors (Lipinski definition) is 3. The lowest BCUT2D eigenvalue weighted by Crippen LogP contribution is -2.62. The van der Waals surface area contributed by atoms with Crippen molar-refractivity contribution in [2.24, 2.45) is 5.41 Å². The van der Waals surface area contributed by atoms with E-state index in [1.54, 1.807) is 38.3 Å². The Morgan fingerprint density at radius 3 is 2.48 bits per heavy atom. The van der Waals surface area contributed by atoms with Crippen LogP contribution in [-0.2, 0) is 4.74 Å². The molecule has 3 atom stereocenters. The van der Waals surface area contributed by atoms with E-state index in [1.807, 2.05) is 0 Å². The Morgan fingerprint density at radius 1 is 1.38 bits per heavy atom. The van der Waals surface area contributed by atoms with Crippen molar-refractivity contribution < 1.29 is 14.6 Å². The van der Waals surface area contributed by atoms with Gasteiger partial charge in [0.2, 0.25) is 0 Å². The Hall–Kier alpha value is -1.59. The molecule has 0 radical (unpaired) electrons. The van der Waals surface area contributed by atoms with E-state index in [9.17, 15) is 9.90 Å². The van der Waals surface area contributed by atoms with Crippen LogP contribution in [0.15, 0.2) is 24.3 Å². The van der Waals surface area contributed by atoms with Crippen LogP contribution in [0.25, 0.3) is 0 Å². The van der Waals surface area contributed by atoms with E-state index in [2.05, 4.69) is 24.5 Å². The summed E-state index contributed by atoms with van der Waals surface area (Å²) in [6.45, 7) is 5.89. The van der Waals surface area contributed by atoms with Gasteiger partial charge in [0, 0.05) is 24.3 Å². The highest BCUT2D eigenvalue weighted by atomic mass is 16.5. The van der Waals surface area contributed by atoms with Gasteiger partial charge < -0.3 is 20.5 Å². The maximum Gasteiger partial charge on any atom is 0.319 e. The molecule has 5 heteroatoms. The number of hydrogen-bond donors (Lipinski definition) is 3. The van der Waals surface area contributed by atoms with Crippen molar-refractivity contribution in [2.45, 2.75) is 45.4 Å². The fraction of sp³-hybridized carbons (Fsp3) is 0.562. The molecule has 1 fully saturated rings. The molecule has 2 amide bonds. The van der Waals surface area contributed by atoms with E-state index in [-0.39, 0.29) is 23.6 Å². The maximum atomic E-state index is 12.0. The van der Waals surface area contributed by atoms with Crippen LogP contribution >= 0.6 is 0 Å². The summed E-state index contributed by atoms with van der Waals surface area (Å²) in [7, 11) is 1.70. The highest BCUT2D eigenvalue weighted by Gasteiger charge is 2.49. The van der Waals surface area contributed by atoms with Crippen LogP contribution in [0.2, 0.25) is 0 Å². The molecule has 0 saturated heterocycles. The minimum absolute atomic E-state index is 0.0533. The van der Waals surface area contributed by atoms with Gasteiger partial charge in [-0.2, -0.15) is 0 Å². The summed E-state index contributed by atoms with van der Waals surface area (Å²) in [5.74, 6) is 0. The molecular formula is C16H24N2O3. The predicted molar refractivity (Wildman–Crippen MR) is 82.2 cm³/mol. The SMILES string of the molecule is COC1CC(NC(=O)Nc2ccc(C(C)O)cc2)C1(C)C. The Morgan fingerprint density at radius 2 is 2.00 bits per heavy atom. The lowest BCUT2D eigenvalue weighted by Gasteiger charge is -2.51. The number of carbonyl (C=O) groups is 1. The first kappa shape index (κ1) is 15.8. The summed E-state index contributed by atoms with van der Waals surface area (Å²) in [6.07, 6.45) is 0.514. The zero-order chi connectivity index (χ0) is 15.6. The van der Waals surface area contributed by atoms with Crippen LogP contribution in [0.3, 0.4) is 0 Å².